The lowest BCUT2D eigenvalue weighted by molar-refractivity contribution is 0.251. The highest BCUT2D eigenvalue weighted by Gasteiger charge is 2.22. The molecular weight excluding hydrogens is 168 g/mol. The van der Waals surface area contributed by atoms with Crippen molar-refractivity contribution in [1.82, 2.24) is 4.90 Å². The minimum Gasteiger partial charge on any atom is -0.326 e. The summed E-state index contributed by atoms with van der Waals surface area (Å²) in [5, 5.41) is 0. The second kappa shape index (κ2) is 5.10. The molecule has 1 aliphatic rings. The third-order valence-corrected chi connectivity index (χ3v) is 3.26. The molecule has 0 amide bonds. The van der Waals surface area contributed by atoms with Crippen LogP contribution in [0.5, 0.6) is 0 Å². The molecule has 1 heterocycles. The first-order valence-electron chi connectivity index (χ1n) is 4.72. The van der Waals surface area contributed by atoms with Crippen molar-refractivity contribution in [2.24, 2.45) is 5.73 Å². The summed E-state index contributed by atoms with van der Waals surface area (Å²) < 4.78 is 0. The Morgan fingerprint density at radius 2 is 2.42 bits per heavy atom. The Balaban J connectivity index is 2.18. The van der Waals surface area contributed by atoms with Crippen molar-refractivity contribution in [3.05, 3.63) is 0 Å². The third-order valence-electron chi connectivity index (χ3n) is 2.62. The van der Waals surface area contributed by atoms with E-state index in [4.69, 9.17) is 5.73 Å². The molecule has 0 aromatic carbocycles. The molecule has 1 fully saturated rings. The lowest BCUT2D eigenvalue weighted by atomic mass is 10.2. The first-order chi connectivity index (χ1) is 5.74. The molecule has 0 spiro atoms. The van der Waals surface area contributed by atoms with Crippen LogP contribution in [0.3, 0.4) is 0 Å². The molecule has 2 atom stereocenters. The molecule has 0 bridgehead atoms. The van der Waals surface area contributed by atoms with Crippen LogP contribution in [0.1, 0.15) is 19.8 Å². The number of likely N-dealkylation sites (tertiary alicyclic amines) is 1. The van der Waals surface area contributed by atoms with E-state index in [0.717, 1.165) is 12.6 Å². The molecule has 0 aromatic rings. The number of rotatable bonds is 4. The topological polar surface area (TPSA) is 29.3 Å². The molecule has 0 radical (unpaired) electrons. The van der Waals surface area contributed by atoms with Crippen LogP contribution in [0.25, 0.3) is 0 Å². The number of hydrogen-bond donors (Lipinski definition) is 1. The zero-order valence-corrected chi connectivity index (χ0v) is 8.94. The lowest BCUT2D eigenvalue weighted by Crippen LogP contribution is -2.33. The first kappa shape index (κ1) is 10.4. The van der Waals surface area contributed by atoms with Crippen molar-refractivity contribution in [3.63, 3.8) is 0 Å². The third kappa shape index (κ3) is 2.96. The van der Waals surface area contributed by atoms with Crippen LogP contribution in [0.4, 0.5) is 0 Å². The Morgan fingerprint density at radius 1 is 1.67 bits per heavy atom. The summed E-state index contributed by atoms with van der Waals surface area (Å²) in [7, 11) is 0. The maximum atomic E-state index is 5.84. The molecule has 2 nitrogen and oxygen atoms in total. The van der Waals surface area contributed by atoms with Crippen LogP contribution in [0.2, 0.25) is 0 Å². The highest BCUT2D eigenvalue weighted by atomic mass is 32.2. The van der Waals surface area contributed by atoms with Crippen LogP contribution < -0.4 is 5.73 Å². The summed E-state index contributed by atoms with van der Waals surface area (Å²) in [6.45, 7) is 4.63. The molecule has 0 saturated carbocycles. The van der Waals surface area contributed by atoms with Crippen LogP contribution in [-0.4, -0.2) is 42.1 Å². The van der Waals surface area contributed by atoms with Gasteiger partial charge in [-0.2, -0.15) is 11.8 Å². The smallest absolute Gasteiger partial charge is 0.0180 e. The summed E-state index contributed by atoms with van der Waals surface area (Å²) in [4.78, 5) is 2.51. The van der Waals surface area contributed by atoms with E-state index >= 15 is 0 Å². The van der Waals surface area contributed by atoms with Gasteiger partial charge in [0, 0.05) is 18.6 Å². The fraction of sp³-hybridized carbons (Fsp3) is 1.00. The van der Waals surface area contributed by atoms with Crippen LogP contribution in [-0.2, 0) is 0 Å². The Labute approximate surface area is 79.9 Å². The Bertz CT molecular complexity index is 130. The number of thioether (sulfide) groups is 1. The molecule has 0 aromatic heterocycles. The van der Waals surface area contributed by atoms with Gasteiger partial charge in [-0.25, -0.2) is 0 Å². The average molecular weight is 188 g/mol. The molecule has 1 aliphatic heterocycles. The van der Waals surface area contributed by atoms with Gasteiger partial charge < -0.3 is 5.73 Å². The van der Waals surface area contributed by atoms with E-state index in [0.29, 0.717) is 6.04 Å². The van der Waals surface area contributed by atoms with Crippen molar-refractivity contribution >= 4 is 11.8 Å². The normalized spacial score (nSPS) is 27.8. The molecule has 1 saturated heterocycles. The Morgan fingerprint density at radius 3 is 2.92 bits per heavy atom. The van der Waals surface area contributed by atoms with Crippen molar-refractivity contribution < 1.29 is 0 Å². The Kier molecular flexibility index (Phi) is 4.40. The van der Waals surface area contributed by atoms with Gasteiger partial charge in [0.25, 0.3) is 0 Å². The van der Waals surface area contributed by atoms with E-state index in [1.807, 2.05) is 11.8 Å². The van der Waals surface area contributed by atoms with Gasteiger partial charge in [-0.1, -0.05) is 0 Å². The van der Waals surface area contributed by atoms with Gasteiger partial charge in [-0.15, -0.1) is 0 Å². The molecule has 2 N–H and O–H groups in total. The summed E-state index contributed by atoms with van der Waals surface area (Å²) in [6.07, 6.45) is 4.65. The lowest BCUT2D eigenvalue weighted by Gasteiger charge is -2.23. The van der Waals surface area contributed by atoms with E-state index < -0.39 is 0 Å². The van der Waals surface area contributed by atoms with Gasteiger partial charge >= 0.3 is 0 Å². The van der Waals surface area contributed by atoms with Gasteiger partial charge in [-0.3, -0.25) is 4.90 Å². The van der Waals surface area contributed by atoms with E-state index in [2.05, 4.69) is 18.1 Å². The minimum atomic E-state index is 0.432. The number of nitrogens with two attached hydrogens (primary N) is 1. The molecule has 1 rings (SSSR count). The zero-order valence-electron chi connectivity index (χ0n) is 8.12. The predicted octanol–water partition coefficient (Wildman–Crippen LogP) is 1.16. The summed E-state index contributed by atoms with van der Waals surface area (Å²) in [6, 6.07) is 1.16. The van der Waals surface area contributed by atoms with Crippen LogP contribution in [0.15, 0.2) is 0 Å². The second-order valence-corrected chi connectivity index (χ2v) is 4.66. The zero-order chi connectivity index (χ0) is 8.97. The predicted molar refractivity (Wildman–Crippen MR) is 56.6 cm³/mol. The second-order valence-electron chi connectivity index (χ2n) is 3.67. The number of nitrogens with zero attached hydrogens (tertiary/aromatic N) is 1. The first-order valence-corrected chi connectivity index (χ1v) is 6.12. The highest BCUT2D eigenvalue weighted by Crippen LogP contribution is 2.14. The molecule has 0 aliphatic carbocycles. The maximum absolute atomic E-state index is 5.84. The fourth-order valence-corrected chi connectivity index (χ4v) is 2.26. The molecule has 72 valence electrons. The minimum absolute atomic E-state index is 0.432. The summed E-state index contributed by atoms with van der Waals surface area (Å²) >= 11 is 1.93. The fourth-order valence-electron chi connectivity index (χ4n) is 1.69. The van der Waals surface area contributed by atoms with E-state index in [1.54, 1.807) is 0 Å². The van der Waals surface area contributed by atoms with E-state index in [9.17, 15) is 0 Å². The average Bonchev–Trinajstić information content (AvgIpc) is 2.47. The molecular formula is C9H20N2S. The number of hydrogen-bond acceptors (Lipinski definition) is 3. The van der Waals surface area contributed by atoms with Gasteiger partial charge in [0.15, 0.2) is 0 Å². The van der Waals surface area contributed by atoms with E-state index in [-0.39, 0.29) is 0 Å². The van der Waals surface area contributed by atoms with Gasteiger partial charge in [0.05, 0.1) is 0 Å². The summed E-state index contributed by atoms with van der Waals surface area (Å²) in [5.41, 5.74) is 5.84. The van der Waals surface area contributed by atoms with Crippen LogP contribution >= 0.6 is 11.8 Å². The standard InChI is InChI=1S/C9H20N2S/c1-8(4-6-12-2)11-5-3-9(10)7-11/h8-9H,3-7,10H2,1-2H3. The molecule has 12 heavy (non-hydrogen) atoms. The molecule has 3 heteroatoms. The molecule has 2 unspecified atom stereocenters. The monoisotopic (exact) mass is 188 g/mol. The SMILES string of the molecule is CSCCC(C)N1CCC(N)C1. The van der Waals surface area contributed by atoms with Gasteiger partial charge in [0.1, 0.15) is 0 Å². The highest BCUT2D eigenvalue weighted by molar-refractivity contribution is 7.98. The van der Waals surface area contributed by atoms with E-state index in [1.165, 1.54) is 25.1 Å². The largest absolute Gasteiger partial charge is 0.326 e. The van der Waals surface area contributed by atoms with Crippen molar-refractivity contribution in [2.75, 3.05) is 25.1 Å². The summed E-state index contributed by atoms with van der Waals surface area (Å²) in [5.74, 6) is 1.27. The van der Waals surface area contributed by atoms with Crippen molar-refractivity contribution in [2.45, 2.75) is 31.8 Å². The maximum Gasteiger partial charge on any atom is 0.0180 e. The Hall–Kier alpha value is 0.270. The van der Waals surface area contributed by atoms with Crippen molar-refractivity contribution in [1.29, 1.82) is 0 Å². The van der Waals surface area contributed by atoms with Crippen LogP contribution in [0, 0.1) is 0 Å². The van der Waals surface area contributed by atoms with Gasteiger partial charge in [0.2, 0.25) is 0 Å². The quantitative estimate of drug-likeness (QED) is 0.718. The van der Waals surface area contributed by atoms with Gasteiger partial charge in [-0.05, 0) is 38.3 Å². The van der Waals surface area contributed by atoms with Crippen molar-refractivity contribution in [3.8, 4) is 0 Å².